The second-order valence-corrected chi connectivity index (χ2v) is 36.9. The normalized spacial score (nSPS) is 13.9. The van der Waals surface area contributed by atoms with Crippen LogP contribution in [0.3, 0.4) is 0 Å². The zero-order valence-corrected chi connectivity index (χ0v) is 78.7. The molecule has 0 saturated heterocycles. The highest BCUT2D eigenvalue weighted by atomic mass is 32.1. The lowest BCUT2D eigenvalue weighted by molar-refractivity contribution is 0.0530. The third-order valence-corrected chi connectivity index (χ3v) is 26.8. The van der Waals surface area contributed by atoms with Crippen LogP contribution in [0.25, 0.3) is 89.9 Å². The number of nitrogens with one attached hydrogen (secondary N) is 9. The summed E-state index contributed by atoms with van der Waals surface area (Å²) >= 11 is 5.55. The van der Waals surface area contributed by atoms with Crippen molar-refractivity contribution in [3.8, 4) is 45.0 Å². The maximum absolute atomic E-state index is 12.6. The van der Waals surface area contributed by atoms with Gasteiger partial charge >= 0.3 is 5.97 Å². The Morgan fingerprint density at radius 2 is 0.750 bits per heavy atom. The lowest BCUT2D eigenvalue weighted by Gasteiger charge is -2.16. The van der Waals surface area contributed by atoms with Gasteiger partial charge in [-0.25, -0.2) is 44.7 Å². The number of rotatable bonds is 23. The molecule has 20 heterocycles. The minimum atomic E-state index is -0.430. The Labute approximate surface area is 776 Å². The van der Waals surface area contributed by atoms with Gasteiger partial charge in [0, 0.05) is 147 Å². The van der Waals surface area contributed by atoms with Gasteiger partial charge < -0.3 is 63.2 Å². The van der Waals surface area contributed by atoms with Crippen molar-refractivity contribution in [3.63, 3.8) is 0 Å². The summed E-state index contributed by atoms with van der Waals surface area (Å²) in [5.74, 6) is 1.96. The van der Waals surface area contributed by atoms with Crippen LogP contribution in [0.4, 0.5) is 43.3 Å². The Kier molecular flexibility index (Phi) is 26.8. The average Bonchev–Trinajstić information content (AvgIpc) is 1.63. The summed E-state index contributed by atoms with van der Waals surface area (Å²) in [7, 11) is 11.1. The first-order valence-electron chi connectivity index (χ1n) is 43.5. The monoisotopic (exact) mass is 1850 g/mol. The first-order valence-corrected chi connectivity index (χ1v) is 46.7. The number of aryl methyl sites for hydroxylation is 7. The van der Waals surface area contributed by atoms with Crippen molar-refractivity contribution in [3.05, 3.63) is 212 Å². The molecule has 132 heavy (non-hydrogen) atoms. The van der Waals surface area contributed by atoms with Gasteiger partial charge in [-0.15, -0.1) is 45.3 Å². The number of carbonyl (C=O) groups excluding carboxylic acids is 4. The number of imidazole rings is 4. The van der Waals surface area contributed by atoms with Gasteiger partial charge in [-0.1, -0.05) is 38.2 Å². The summed E-state index contributed by atoms with van der Waals surface area (Å²) in [6, 6.07) is 7.88. The van der Waals surface area contributed by atoms with E-state index in [1.165, 1.54) is 45.3 Å². The fourth-order valence-electron chi connectivity index (χ4n) is 15.8. The van der Waals surface area contributed by atoms with Crippen LogP contribution in [-0.4, -0.2) is 205 Å². The van der Waals surface area contributed by atoms with E-state index in [4.69, 9.17) is 35.4 Å². The predicted molar refractivity (Wildman–Crippen MR) is 522 cm³/mol. The first-order chi connectivity index (χ1) is 63.9. The van der Waals surface area contributed by atoms with Crippen LogP contribution in [-0.2, 0) is 32.9 Å². The van der Waals surface area contributed by atoms with Crippen LogP contribution in [0.5, 0.6) is 0 Å². The first kappa shape index (κ1) is 90.0. The number of hydrogen-bond donors (Lipinski definition) is 10. The molecular weight excluding hydrogens is 1750 g/mol. The molecule has 0 fully saturated rings. The number of carbonyl (C=O) groups is 4. The van der Waals surface area contributed by atoms with Crippen LogP contribution < -0.4 is 53.6 Å². The SMILES string of the molecule is CCNC(=O)c1sc(Nc2nc(C3=CCCNC3)cn3c(-c4cnn(C)c4)cnc23)cc1C.CCOC(=O)c1sc(Nc2nc(C3=CCCNC3)cn3c(-c4cnn(C)c4)cnc23)cc1C(C)C.Cc1cc(Nc2nc(C3=CCCNC3)cn3c(-c4cnn(C)c4)cnc23)sc1C(=O)N(C)C.Cc1cc(Nc2nc(C3=CCCNC3)cn3c(-c4cnn(C)c4)cnc23)sc1C(N)=O. The molecule has 11 N–H and O–H groups in total. The summed E-state index contributed by atoms with van der Waals surface area (Å²) in [5, 5.41) is 50.8. The maximum atomic E-state index is 12.6. The molecule has 680 valence electrons. The molecule has 0 aliphatic carbocycles. The summed E-state index contributed by atoms with van der Waals surface area (Å²) in [6.45, 7) is 21.5. The van der Waals surface area contributed by atoms with Gasteiger partial charge in [0.2, 0.25) is 0 Å². The Hall–Kier alpha value is -14.0. The van der Waals surface area contributed by atoms with Crippen molar-refractivity contribution < 1.29 is 23.9 Å². The number of amides is 3. The summed E-state index contributed by atoms with van der Waals surface area (Å²) < 4.78 is 20.6. The summed E-state index contributed by atoms with van der Waals surface area (Å²) in [5.41, 5.74) is 27.8. The highest BCUT2D eigenvalue weighted by Gasteiger charge is 2.28. The van der Waals surface area contributed by atoms with Crippen molar-refractivity contribution in [1.82, 2.24) is 128 Å². The number of thiophene rings is 4. The van der Waals surface area contributed by atoms with E-state index in [-0.39, 0.29) is 23.7 Å². The highest BCUT2D eigenvalue weighted by molar-refractivity contribution is 7.19. The van der Waals surface area contributed by atoms with Crippen LogP contribution >= 0.6 is 45.3 Å². The molecule has 4 aliphatic rings. The number of nitrogens with zero attached hydrogens (tertiary/aromatic N) is 21. The molecule has 0 spiro atoms. The third kappa shape index (κ3) is 19.6. The summed E-state index contributed by atoms with van der Waals surface area (Å²) in [6.07, 6.45) is 43.4. The van der Waals surface area contributed by atoms with Gasteiger partial charge in [0.05, 0.1) is 136 Å². The minimum Gasteiger partial charge on any atom is -0.462 e. The van der Waals surface area contributed by atoms with E-state index >= 15 is 0 Å². The van der Waals surface area contributed by atoms with E-state index in [1.54, 1.807) is 37.7 Å². The number of ether oxygens (including phenoxy) is 1. The lowest BCUT2D eigenvalue weighted by atomic mass is 10.0. The highest BCUT2D eigenvalue weighted by Crippen LogP contribution is 2.40. The number of hydrogen-bond acceptors (Lipinski definition) is 29. The van der Waals surface area contributed by atoms with E-state index in [1.807, 2.05) is 191 Å². The van der Waals surface area contributed by atoms with Crippen LogP contribution in [0, 0.1) is 20.8 Å². The molecule has 0 atom stereocenters. The molecule has 0 unspecified atom stereocenters. The number of primary amides is 1. The maximum Gasteiger partial charge on any atom is 0.348 e. The zero-order chi connectivity index (χ0) is 92.1. The Morgan fingerprint density at radius 1 is 0.439 bits per heavy atom. The molecular formula is C92H103N31O5S4. The molecule has 3 amide bonds. The van der Waals surface area contributed by atoms with Crippen molar-refractivity contribution >= 4 is 157 Å². The second-order valence-electron chi connectivity index (χ2n) is 32.7. The average molecular weight is 1850 g/mol. The van der Waals surface area contributed by atoms with E-state index in [0.29, 0.717) is 78.5 Å². The summed E-state index contributed by atoms with van der Waals surface area (Å²) in [4.78, 5) is 91.7. The van der Waals surface area contributed by atoms with Gasteiger partial charge in [0.25, 0.3) is 17.7 Å². The topological polar surface area (TPSA) is 407 Å². The van der Waals surface area contributed by atoms with Gasteiger partial charge in [-0.2, -0.15) is 20.4 Å². The van der Waals surface area contributed by atoms with Gasteiger partial charge in [0.1, 0.15) is 4.88 Å². The largest absolute Gasteiger partial charge is 0.462 e. The smallest absolute Gasteiger partial charge is 0.348 e. The van der Waals surface area contributed by atoms with Gasteiger partial charge in [0.15, 0.2) is 45.9 Å². The van der Waals surface area contributed by atoms with E-state index < -0.39 is 5.91 Å². The van der Waals surface area contributed by atoms with Crippen LogP contribution in [0.15, 0.2) is 148 Å². The van der Waals surface area contributed by atoms with Crippen molar-refractivity contribution in [2.24, 2.45) is 33.9 Å². The fourth-order valence-corrected chi connectivity index (χ4v) is 19.9. The van der Waals surface area contributed by atoms with E-state index in [9.17, 15) is 19.2 Å². The molecule has 16 aromatic rings. The van der Waals surface area contributed by atoms with Gasteiger partial charge in [-0.3, -0.25) is 50.7 Å². The zero-order valence-electron chi connectivity index (χ0n) is 75.5. The van der Waals surface area contributed by atoms with Crippen molar-refractivity contribution in [2.45, 2.75) is 80.1 Å². The number of nitrogens with two attached hydrogens (primary N) is 1. The minimum absolute atomic E-state index is 0.00415. The quantitative estimate of drug-likeness (QED) is 0.0266. The second kappa shape index (κ2) is 39.4. The lowest BCUT2D eigenvalue weighted by Crippen LogP contribution is -2.22. The predicted octanol–water partition coefficient (Wildman–Crippen LogP) is 14.0. The fraction of sp³-hybridized carbons (Fsp3) is 0.304. The van der Waals surface area contributed by atoms with Crippen LogP contribution in [0.2, 0.25) is 0 Å². The van der Waals surface area contributed by atoms with Crippen molar-refractivity contribution in [2.75, 3.05) is 101 Å². The molecule has 0 saturated carbocycles. The molecule has 16 aromatic heterocycles. The Morgan fingerprint density at radius 3 is 1.03 bits per heavy atom. The third-order valence-electron chi connectivity index (χ3n) is 22.3. The molecule has 20 rings (SSSR count). The molecule has 40 heteroatoms. The molecule has 0 aromatic carbocycles. The van der Waals surface area contributed by atoms with Gasteiger partial charge in [-0.05, 0) is 161 Å². The molecule has 0 bridgehead atoms. The Bertz CT molecular complexity index is 7160. The number of aromatic nitrogens is 20. The number of fused-ring (bicyclic) bond motifs is 4. The molecule has 0 radical (unpaired) electrons. The number of esters is 1. The van der Waals surface area contributed by atoms with E-state index in [0.717, 1.165) is 210 Å². The van der Waals surface area contributed by atoms with E-state index in [2.05, 4.69) is 135 Å². The molecule has 4 aliphatic heterocycles. The molecule has 36 nitrogen and oxygen atoms in total. The van der Waals surface area contributed by atoms with Crippen LogP contribution in [0.1, 0.15) is 143 Å². The standard InChI is InChI=1S/C25H29N7O2S.2C23H26N8OS.C21H22N8OS/c1-5-34-25(33)22-18(15(2)3)9-21(35-22)30-23-24-27-12-20(17-11-28-31(4)13-17)32(24)14-19(29-23)16-7-6-8-26-10-16;1-14-8-19(33-20(14)23(32)29(2)3)28-21-22-25-11-18(16-10-26-30(4)12-16)31(22)13-17(27-21)15-6-5-7-24-9-15;1-4-25-23(32)20-14(2)8-19(33-20)29-21-22-26-11-18(16-10-27-30(3)12-16)31(22)13-17(28-21)15-6-5-7-24-9-15;1-12-6-17(31-18(12)19(22)30)27-20-21-24-9-16(14-8-25-28(2)10-14)29(21)11-15(26-20)13-4-3-5-23-7-13/h7,9,11-15,26H,5-6,8,10H2,1-4H3,(H,29,30);6,8,10-13,24H,5,7,9H2,1-4H3,(H,27,28);6,8,10-13,24H,4-5,7,9H2,1-3H3,(H,25,32)(H,28,29);4,6,8-11,23H,3,5,7H2,1-2H3,(H2,22,30)(H,26,27). The number of anilines is 8. The Balaban J connectivity index is 0.000000123. The van der Waals surface area contributed by atoms with Crippen molar-refractivity contribution in [1.29, 1.82) is 0 Å².